The Labute approximate surface area is 70.4 Å². The Hall–Kier alpha value is 0. The Kier molecular flexibility index (Phi) is 1.41. The van der Waals surface area contributed by atoms with Crippen molar-refractivity contribution in [1.82, 2.24) is 0 Å². The Bertz CT molecular complexity index is 167. The van der Waals surface area contributed by atoms with Crippen LogP contribution in [0.25, 0.3) is 0 Å². The van der Waals surface area contributed by atoms with E-state index in [1.807, 2.05) is 0 Å². The van der Waals surface area contributed by atoms with Crippen molar-refractivity contribution in [3.05, 3.63) is 0 Å². The van der Waals surface area contributed by atoms with Crippen molar-refractivity contribution in [3.63, 3.8) is 0 Å². The van der Waals surface area contributed by atoms with Gasteiger partial charge < -0.3 is 0 Å². The first kappa shape index (κ1) is 7.64. The minimum Gasteiger partial charge on any atom is -0.0620 e. The van der Waals surface area contributed by atoms with Gasteiger partial charge in [0.25, 0.3) is 0 Å². The Morgan fingerprint density at radius 1 is 1.18 bits per heavy atom. The van der Waals surface area contributed by atoms with Crippen LogP contribution in [0.4, 0.5) is 0 Å². The lowest BCUT2D eigenvalue weighted by Crippen LogP contribution is -2.37. The van der Waals surface area contributed by atoms with Crippen LogP contribution in [0.3, 0.4) is 0 Å². The van der Waals surface area contributed by atoms with Gasteiger partial charge in [0, 0.05) is 0 Å². The van der Waals surface area contributed by atoms with Crippen molar-refractivity contribution in [2.24, 2.45) is 16.7 Å². The molecule has 0 heteroatoms. The monoisotopic (exact) mass is 152 g/mol. The molecule has 0 amide bonds. The fourth-order valence-corrected chi connectivity index (χ4v) is 2.55. The average Bonchev–Trinajstić information content (AvgIpc) is 2.65. The van der Waals surface area contributed by atoms with E-state index in [9.17, 15) is 0 Å². The van der Waals surface area contributed by atoms with Gasteiger partial charge in [-0.1, -0.05) is 20.8 Å². The van der Waals surface area contributed by atoms with Gasteiger partial charge in [-0.2, -0.15) is 0 Å². The van der Waals surface area contributed by atoms with Gasteiger partial charge in [-0.25, -0.2) is 0 Å². The molecule has 2 fully saturated rings. The highest BCUT2D eigenvalue weighted by atomic mass is 14.5. The van der Waals surface area contributed by atoms with Gasteiger partial charge in [-0.15, -0.1) is 0 Å². The van der Waals surface area contributed by atoms with E-state index in [2.05, 4.69) is 20.8 Å². The van der Waals surface area contributed by atoms with Crippen LogP contribution in [0.15, 0.2) is 0 Å². The maximum absolute atomic E-state index is 2.49. The van der Waals surface area contributed by atoms with E-state index in [-0.39, 0.29) is 0 Å². The van der Waals surface area contributed by atoms with Gasteiger partial charge in [-0.05, 0) is 48.9 Å². The van der Waals surface area contributed by atoms with Crippen molar-refractivity contribution in [1.29, 1.82) is 0 Å². The summed E-state index contributed by atoms with van der Waals surface area (Å²) in [4.78, 5) is 0. The Balaban J connectivity index is 1.94. The lowest BCUT2D eigenvalue weighted by molar-refractivity contribution is 0.0338. The van der Waals surface area contributed by atoms with E-state index in [0.29, 0.717) is 0 Å². The molecule has 0 nitrogen and oxygen atoms in total. The summed E-state index contributed by atoms with van der Waals surface area (Å²) in [7, 11) is 0. The molecule has 0 heterocycles. The summed E-state index contributed by atoms with van der Waals surface area (Å²) in [5.74, 6) is 1.000. The molecule has 0 radical (unpaired) electrons. The molecule has 0 saturated heterocycles. The maximum atomic E-state index is 2.49. The summed E-state index contributed by atoms with van der Waals surface area (Å²) in [5.41, 5.74) is 1.49. The molecule has 2 aliphatic carbocycles. The van der Waals surface area contributed by atoms with Crippen molar-refractivity contribution in [3.8, 4) is 0 Å². The standard InChI is InChI=1S/C11H20/c1-9-4-5-11(9,3)8-10(2)6-7-10/h9H,4-8H2,1-3H3. The van der Waals surface area contributed by atoms with E-state index in [1.54, 1.807) is 0 Å². The Morgan fingerprint density at radius 2 is 1.82 bits per heavy atom. The second-order valence-corrected chi connectivity index (χ2v) is 5.58. The molecule has 0 aromatic rings. The molecular formula is C11H20. The van der Waals surface area contributed by atoms with E-state index >= 15 is 0 Å². The highest BCUT2D eigenvalue weighted by Gasteiger charge is 2.48. The van der Waals surface area contributed by atoms with Gasteiger partial charge in [0.1, 0.15) is 0 Å². The SMILES string of the molecule is CC1CCC1(C)CC1(C)CC1. The van der Waals surface area contributed by atoms with Crippen molar-refractivity contribution in [2.75, 3.05) is 0 Å². The molecule has 2 atom stereocenters. The molecule has 2 unspecified atom stereocenters. The molecule has 2 rings (SSSR count). The van der Waals surface area contributed by atoms with Crippen LogP contribution in [0.1, 0.15) is 52.9 Å². The lowest BCUT2D eigenvalue weighted by atomic mass is 9.58. The first-order valence-electron chi connectivity index (χ1n) is 5.04. The zero-order valence-electron chi connectivity index (χ0n) is 8.11. The average molecular weight is 152 g/mol. The minimum atomic E-state index is 0.727. The molecule has 0 aromatic carbocycles. The third-order valence-corrected chi connectivity index (χ3v) is 4.27. The zero-order chi connectivity index (χ0) is 8.11. The molecule has 0 aliphatic heterocycles. The first-order valence-corrected chi connectivity index (χ1v) is 5.04. The first-order chi connectivity index (χ1) is 5.04. The fraction of sp³-hybridized carbons (Fsp3) is 1.00. The highest BCUT2D eigenvalue weighted by Crippen LogP contribution is 2.60. The van der Waals surface area contributed by atoms with E-state index in [0.717, 1.165) is 16.7 Å². The molecule has 0 N–H and O–H groups in total. The Morgan fingerprint density at radius 3 is 2.09 bits per heavy atom. The van der Waals surface area contributed by atoms with Crippen molar-refractivity contribution >= 4 is 0 Å². The van der Waals surface area contributed by atoms with Gasteiger partial charge in [0.05, 0.1) is 0 Å². The summed E-state index contributed by atoms with van der Waals surface area (Å²) in [5, 5.41) is 0. The van der Waals surface area contributed by atoms with Gasteiger partial charge in [0.15, 0.2) is 0 Å². The van der Waals surface area contributed by atoms with E-state index in [1.165, 1.54) is 32.1 Å². The van der Waals surface area contributed by atoms with Crippen LogP contribution in [0.5, 0.6) is 0 Å². The molecule has 64 valence electrons. The summed E-state index contributed by atoms with van der Waals surface area (Å²) in [6.45, 7) is 7.38. The minimum absolute atomic E-state index is 0.727. The quantitative estimate of drug-likeness (QED) is 0.567. The second-order valence-electron chi connectivity index (χ2n) is 5.58. The molecule has 2 saturated carbocycles. The maximum Gasteiger partial charge on any atom is -0.0295 e. The van der Waals surface area contributed by atoms with Crippen LogP contribution in [-0.4, -0.2) is 0 Å². The van der Waals surface area contributed by atoms with Crippen LogP contribution >= 0.6 is 0 Å². The van der Waals surface area contributed by atoms with Crippen molar-refractivity contribution < 1.29 is 0 Å². The third kappa shape index (κ3) is 1.21. The van der Waals surface area contributed by atoms with Crippen LogP contribution in [0, 0.1) is 16.7 Å². The molecular weight excluding hydrogens is 132 g/mol. The van der Waals surface area contributed by atoms with E-state index < -0.39 is 0 Å². The van der Waals surface area contributed by atoms with Gasteiger partial charge in [-0.3, -0.25) is 0 Å². The second kappa shape index (κ2) is 2.02. The predicted octanol–water partition coefficient (Wildman–Crippen LogP) is 3.61. The third-order valence-electron chi connectivity index (χ3n) is 4.27. The number of hydrogen-bond acceptors (Lipinski definition) is 0. The predicted molar refractivity (Wildman–Crippen MR) is 48.5 cm³/mol. The lowest BCUT2D eigenvalue weighted by Gasteiger charge is -2.47. The fourth-order valence-electron chi connectivity index (χ4n) is 2.55. The highest BCUT2D eigenvalue weighted by molar-refractivity contribution is 4.99. The topological polar surface area (TPSA) is 0 Å². The van der Waals surface area contributed by atoms with Crippen molar-refractivity contribution in [2.45, 2.75) is 52.9 Å². The number of hydrogen-bond donors (Lipinski definition) is 0. The largest absolute Gasteiger partial charge is 0.0620 e. The summed E-state index contributed by atoms with van der Waals surface area (Å²) >= 11 is 0. The van der Waals surface area contributed by atoms with E-state index in [4.69, 9.17) is 0 Å². The van der Waals surface area contributed by atoms with Crippen LogP contribution < -0.4 is 0 Å². The summed E-state index contributed by atoms with van der Waals surface area (Å²) < 4.78 is 0. The normalized spacial score (nSPS) is 46.6. The molecule has 0 bridgehead atoms. The molecule has 0 spiro atoms. The molecule has 0 aromatic heterocycles. The number of rotatable bonds is 2. The molecule has 11 heavy (non-hydrogen) atoms. The summed E-state index contributed by atoms with van der Waals surface area (Å²) in [6, 6.07) is 0. The smallest absolute Gasteiger partial charge is 0.0295 e. The van der Waals surface area contributed by atoms with Gasteiger partial charge >= 0.3 is 0 Å². The molecule has 2 aliphatic rings. The van der Waals surface area contributed by atoms with Gasteiger partial charge in [0.2, 0.25) is 0 Å². The van der Waals surface area contributed by atoms with Crippen LogP contribution in [0.2, 0.25) is 0 Å². The zero-order valence-corrected chi connectivity index (χ0v) is 8.11. The summed E-state index contributed by atoms with van der Waals surface area (Å²) in [6.07, 6.45) is 7.46. The van der Waals surface area contributed by atoms with Crippen LogP contribution in [-0.2, 0) is 0 Å².